The molecule has 1 fully saturated rings. The van der Waals surface area contributed by atoms with Crippen LogP contribution in [0.4, 0.5) is 11.4 Å². The van der Waals surface area contributed by atoms with Crippen LogP contribution in [0.1, 0.15) is 12.8 Å². The minimum atomic E-state index is -0.437. The van der Waals surface area contributed by atoms with Gasteiger partial charge in [-0.2, -0.15) is 0 Å². The van der Waals surface area contributed by atoms with Gasteiger partial charge in [-0.25, -0.2) is 0 Å². The van der Waals surface area contributed by atoms with Gasteiger partial charge in [-0.05, 0) is 25.0 Å². The van der Waals surface area contributed by atoms with Gasteiger partial charge in [-0.3, -0.25) is 14.9 Å². The molecule has 0 aromatic heterocycles. The van der Waals surface area contributed by atoms with E-state index in [4.69, 9.17) is 16.3 Å². The maximum absolute atomic E-state index is 11.5. The average molecular weight is 299 g/mol. The van der Waals surface area contributed by atoms with E-state index in [2.05, 4.69) is 0 Å². The number of nitro groups is 1. The van der Waals surface area contributed by atoms with Crippen molar-refractivity contribution < 1.29 is 14.5 Å². The highest BCUT2D eigenvalue weighted by Gasteiger charge is 2.28. The zero-order chi connectivity index (χ0) is 14.7. The van der Waals surface area contributed by atoms with E-state index < -0.39 is 4.92 Å². The van der Waals surface area contributed by atoms with Crippen LogP contribution in [0.25, 0.3) is 0 Å². The number of hydrogen-bond acceptors (Lipinski definition) is 5. The molecule has 1 aliphatic heterocycles. The molecule has 108 valence electrons. The van der Waals surface area contributed by atoms with E-state index in [0.717, 1.165) is 0 Å². The molecule has 0 amide bonds. The summed E-state index contributed by atoms with van der Waals surface area (Å²) in [7, 11) is 1.37. The Morgan fingerprint density at radius 1 is 1.45 bits per heavy atom. The lowest BCUT2D eigenvalue weighted by Gasteiger charge is -2.32. The Kier molecular flexibility index (Phi) is 4.44. The smallest absolute Gasteiger partial charge is 0.308 e. The highest BCUT2D eigenvalue weighted by atomic mass is 35.5. The van der Waals surface area contributed by atoms with E-state index in [1.807, 2.05) is 4.90 Å². The summed E-state index contributed by atoms with van der Waals surface area (Å²) in [4.78, 5) is 24.0. The second-order valence-electron chi connectivity index (χ2n) is 4.67. The van der Waals surface area contributed by atoms with E-state index in [9.17, 15) is 14.9 Å². The predicted molar refractivity (Wildman–Crippen MR) is 75.1 cm³/mol. The largest absolute Gasteiger partial charge is 0.469 e. The molecule has 1 heterocycles. The number of esters is 1. The van der Waals surface area contributed by atoms with Gasteiger partial charge in [-0.1, -0.05) is 11.6 Å². The van der Waals surface area contributed by atoms with Crippen LogP contribution in [-0.2, 0) is 9.53 Å². The summed E-state index contributed by atoms with van der Waals surface area (Å²) in [6, 6.07) is 4.64. The quantitative estimate of drug-likeness (QED) is 0.487. The number of ether oxygens (including phenoxy) is 1. The minimum absolute atomic E-state index is 0.00554. The van der Waals surface area contributed by atoms with Crippen molar-refractivity contribution in [2.75, 3.05) is 25.1 Å². The summed E-state index contributed by atoms with van der Waals surface area (Å²) in [5, 5.41) is 11.4. The topological polar surface area (TPSA) is 72.7 Å². The number of benzene rings is 1. The van der Waals surface area contributed by atoms with E-state index in [1.165, 1.54) is 13.2 Å². The van der Waals surface area contributed by atoms with Gasteiger partial charge in [0.2, 0.25) is 0 Å². The molecule has 0 N–H and O–H groups in total. The second-order valence-corrected chi connectivity index (χ2v) is 5.11. The van der Waals surface area contributed by atoms with E-state index >= 15 is 0 Å². The monoisotopic (exact) mass is 298 g/mol. The Balaban J connectivity index is 2.15. The number of anilines is 1. The zero-order valence-corrected chi connectivity index (χ0v) is 11.8. The molecule has 0 atom stereocenters. The number of piperidine rings is 1. The van der Waals surface area contributed by atoms with E-state index in [0.29, 0.717) is 36.6 Å². The van der Waals surface area contributed by atoms with Gasteiger partial charge in [0.25, 0.3) is 5.69 Å². The summed E-state index contributed by atoms with van der Waals surface area (Å²) >= 11 is 5.80. The molecule has 1 aromatic rings. The first-order chi connectivity index (χ1) is 9.52. The van der Waals surface area contributed by atoms with Crippen LogP contribution in [0.15, 0.2) is 18.2 Å². The molecule has 7 heteroatoms. The van der Waals surface area contributed by atoms with Gasteiger partial charge < -0.3 is 9.64 Å². The number of nitrogens with zero attached hydrogens (tertiary/aromatic N) is 2. The molecule has 6 nitrogen and oxygen atoms in total. The number of methoxy groups -OCH3 is 1. The molecule has 20 heavy (non-hydrogen) atoms. The second kappa shape index (κ2) is 6.09. The van der Waals surface area contributed by atoms with Crippen LogP contribution < -0.4 is 4.90 Å². The lowest BCUT2D eigenvalue weighted by Crippen LogP contribution is -2.37. The molecular formula is C13H15ClN2O4. The first kappa shape index (κ1) is 14.6. The predicted octanol–water partition coefficient (Wildman–Crippen LogP) is 2.64. The van der Waals surface area contributed by atoms with Crippen molar-refractivity contribution in [2.45, 2.75) is 12.8 Å². The fourth-order valence-corrected chi connectivity index (χ4v) is 2.60. The zero-order valence-electron chi connectivity index (χ0n) is 11.0. The molecule has 1 aromatic carbocycles. The van der Waals surface area contributed by atoms with Gasteiger partial charge in [-0.15, -0.1) is 0 Å². The summed E-state index contributed by atoms with van der Waals surface area (Å²) in [5.74, 6) is -0.335. The molecule has 0 unspecified atom stereocenters. The Morgan fingerprint density at radius 3 is 2.65 bits per heavy atom. The van der Waals surface area contributed by atoms with Crippen LogP contribution in [0.2, 0.25) is 5.02 Å². The fourth-order valence-electron chi connectivity index (χ4n) is 2.43. The fraction of sp³-hybridized carbons (Fsp3) is 0.462. The van der Waals surface area contributed by atoms with Crippen LogP contribution in [0.5, 0.6) is 0 Å². The Bertz CT molecular complexity index is 527. The standard InChI is InChI=1S/C13H15ClN2O4/c1-20-13(17)9-4-6-15(7-5-9)11-3-2-10(14)8-12(11)16(18)19/h2-3,8-9H,4-7H2,1H3. The van der Waals surface area contributed by atoms with Crippen molar-refractivity contribution in [2.24, 2.45) is 5.92 Å². The average Bonchev–Trinajstić information content (AvgIpc) is 2.46. The maximum atomic E-state index is 11.5. The van der Waals surface area contributed by atoms with Crippen molar-refractivity contribution in [3.63, 3.8) is 0 Å². The first-order valence-corrected chi connectivity index (χ1v) is 6.67. The van der Waals surface area contributed by atoms with Crippen LogP contribution >= 0.6 is 11.6 Å². The molecule has 0 saturated carbocycles. The molecule has 2 rings (SSSR count). The van der Waals surface area contributed by atoms with E-state index in [-0.39, 0.29) is 17.6 Å². The van der Waals surface area contributed by atoms with Crippen LogP contribution in [0, 0.1) is 16.0 Å². The number of hydrogen-bond donors (Lipinski definition) is 0. The number of carbonyl (C=O) groups is 1. The lowest BCUT2D eigenvalue weighted by atomic mass is 9.96. The Hall–Kier alpha value is -1.82. The minimum Gasteiger partial charge on any atom is -0.469 e. The Labute approximate surface area is 121 Å². The molecule has 0 spiro atoms. The highest BCUT2D eigenvalue weighted by Crippen LogP contribution is 2.33. The number of nitro benzene ring substituents is 1. The summed E-state index contributed by atoms with van der Waals surface area (Å²) in [6.45, 7) is 1.17. The van der Waals surface area contributed by atoms with Crippen LogP contribution in [-0.4, -0.2) is 31.1 Å². The summed E-state index contributed by atoms with van der Waals surface area (Å²) < 4.78 is 4.73. The third-order valence-corrected chi connectivity index (χ3v) is 3.74. The van der Waals surface area contributed by atoms with E-state index in [1.54, 1.807) is 12.1 Å². The van der Waals surface area contributed by atoms with Crippen molar-refractivity contribution in [3.8, 4) is 0 Å². The summed E-state index contributed by atoms with van der Waals surface area (Å²) in [5.41, 5.74) is 0.539. The highest BCUT2D eigenvalue weighted by molar-refractivity contribution is 6.30. The van der Waals surface area contributed by atoms with Gasteiger partial charge in [0.05, 0.1) is 18.0 Å². The summed E-state index contributed by atoms with van der Waals surface area (Å²) in [6.07, 6.45) is 1.26. The van der Waals surface area contributed by atoms with Crippen molar-refractivity contribution in [1.82, 2.24) is 0 Å². The third kappa shape index (κ3) is 3.01. The SMILES string of the molecule is COC(=O)C1CCN(c2ccc(Cl)cc2[N+](=O)[O-])CC1. The molecule has 0 aliphatic carbocycles. The Morgan fingerprint density at radius 2 is 2.10 bits per heavy atom. The van der Waals surface area contributed by atoms with Gasteiger partial charge in [0, 0.05) is 24.2 Å². The van der Waals surface area contributed by atoms with Crippen molar-refractivity contribution >= 4 is 28.9 Å². The maximum Gasteiger partial charge on any atom is 0.308 e. The van der Waals surface area contributed by atoms with Crippen molar-refractivity contribution in [1.29, 1.82) is 0 Å². The van der Waals surface area contributed by atoms with Gasteiger partial charge in [0.1, 0.15) is 5.69 Å². The van der Waals surface area contributed by atoms with Gasteiger partial charge in [0.15, 0.2) is 0 Å². The third-order valence-electron chi connectivity index (χ3n) is 3.50. The lowest BCUT2D eigenvalue weighted by molar-refractivity contribution is -0.384. The van der Waals surface area contributed by atoms with Crippen LogP contribution in [0.3, 0.4) is 0 Å². The molecule has 0 radical (unpaired) electrons. The number of carbonyl (C=O) groups excluding carboxylic acids is 1. The molecule has 1 saturated heterocycles. The molecule has 0 bridgehead atoms. The normalized spacial score (nSPS) is 16.0. The molecule has 1 aliphatic rings. The van der Waals surface area contributed by atoms with Gasteiger partial charge >= 0.3 is 5.97 Å². The first-order valence-electron chi connectivity index (χ1n) is 6.29. The number of rotatable bonds is 3. The molecular weight excluding hydrogens is 284 g/mol. The van der Waals surface area contributed by atoms with Crippen molar-refractivity contribution in [3.05, 3.63) is 33.3 Å². The number of halogens is 1.